The first-order valence-electron chi connectivity index (χ1n) is 6.82. The molecule has 1 aliphatic carbocycles. The molecule has 1 amide bonds. The van der Waals surface area contributed by atoms with Gasteiger partial charge in [0.15, 0.2) is 0 Å². The van der Waals surface area contributed by atoms with Crippen molar-refractivity contribution in [3.05, 3.63) is 59.3 Å². The highest BCUT2D eigenvalue weighted by molar-refractivity contribution is 5.94. The van der Waals surface area contributed by atoms with Crippen molar-refractivity contribution in [2.45, 2.75) is 19.3 Å². The Kier molecular flexibility index (Phi) is 3.56. The minimum absolute atomic E-state index is 0.348. The lowest BCUT2D eigenvalue weighted by atomic mass is 10.2. The topological polar surface area (TPSA) is 54.6 Å². The lowest BCUT2D eigenvalue weighted by Gasteiger charge is -1.98. The molecular formula is C16H15FN2O2. The van der Waals surface area contributed by atoms with Crippen LogP contribution in [0.25, 0.3) is 0 Å². The highest BCUT2D eigenvalue weighted by Crippen LogP contribution is 2.47. The lowest BCUT2D eigenvalue weighted by molar-refractivity contribution is 0.0955. The Hall–Kier alpha value is -2.43. The number of benzene rings is 1. The van der Waals surface area contributed by atoms with Crippen molar-refractivity contribution in [3.63, 3.8) is 0 Å². The molecular weight excluding hydrogens is 271 g/mol. The second-order valence-corrected chi connectivity index (χ2v) is 5.27. The summed E-state index contributed by atoms with van der Waals surface area (Å²) >= 11 is 0. The molecule has 0 unspecified atom stereocenters. The number of amides is 1. The molecule has 0 spiro atoms. The number of hydrazone groups is 1. The van der Waals surface area contributed by atoms with E-state index in [1.807, 2.05) is 12.1 Å². The average Bonchev–Trinajstić information content (AvgIpc) is 3.01. The van der Waals surface area contributed by atoms with Crippen LogP contribution in [0.15, 0.2) is 45.9 Å². The highest BCUT2D eigenvalue weighted by Gasteiger charge is 2.36. The summed E-state index contributed by atoms with van der Waals surface area (Å²) in [4.78, 5) is 11.7. The molecule has 1 aromatic carbocycles. The van der Waals surface area contributed by atoms with Crippen molar-refractivity contribution in [2.24, 2.45) is 11.0 Å². The van der Waals surface area contributed by atoms with Gasteiger partial charge in [0.1, 0.15) is 17.3 Å². The summed E-state index contributed by atoms with van der Waals surface area (Å²) in [5, 5.41) is 3.84. The smallest absolute Gasteiger partial charge is 0.271 e. The molecule has 1 N–H and O–H groups in total. The molecule has 1 aliphatic rings. The summed E-state index contributed by atoms with van der Waals surface area (Å²) in [5.41, 5.74) is 2.73. The quantitative estimate of drug-likeness (QED) is 0.692. The van der Waals surface area contributed by atoms with Crippen molar-refractivity contribution < 1.29 is 13.6 Å². The van der Waals surface area contributed by atoms with Crippen LogP contribution in [0.3, 0.4) is 0 Å². The van der Waals surface area contributed by atoms with Crippen LogP contribution in [0.2, 0.25) is 0 Å². The maximum atomic E-state index is 12.7. The van der Waals surface area contributed by atoms with Crippen LogP contribution in [0.4, 0.5) is 4.39 Å². The number of halogens is 1. The van der Waals surface area contributed by atoms with Gasteiger partial charge in [0.05, 0.1) is 6.21 Å². The van der Waals surface area contributed by atoms with Gasteiger partial charge in [-0.1, -0.05) is 6.92 Å². The lowest BCUT2D eigenvalue weighted by Crippen LogP contribution is -2.17. The third-order valence-electron chi connectivity index (χ3n) is 3.59. The van der Waals surface area contributed by atoms with Crippen molar-refractivity contribution in [1.29, 1.82) is 0 Å². The zero-order valence-electron chi connectivity index (χ0n) is 11.5. The molecule has 108 valence electrons. The maximum absolute atomic E-state index is 12.7. The van der Waals surface area contributed by atoms with Gasteiger partial charge in [0, 0.05) is 11.5 Å². The third kappa shape index (κ3) is 3.18. The monoisotopic (exact) mass is 286 g/mol. The number of carbonyl (C=O) groups excluding carboxylic acids is 1. The Labute approximate surface area is 121 Å². The summed E-state index contributed by atoms with van der Waals surface area (Å²) < 4.78 is 18.4. The SMILES string of the molecule is C[C@@H]1C[C@H]1c1ccc(/C=N\NC(=O)c2ccc(F)cc2)o1. The van der Waals surface area contributed by atoms with E-state index in [9.17, 15) is 9.18 Å². The first-order chi connectivity index (χ1) is 10.1. The molecule has 0 aliphatic heterocycles. The van der Waals surface area contributed by atoms with Gasteiger partial charge in [-0.05, 0) is 48.7 Å². The number of furan rings is 1. The van der Waals surface area contributed by atoms with E-state index in [4.69, 9.17) is 4.42 Å². The summed E-state index contributed by atoms with van der Waals surface area (Å²) in [6, 6.07) is 9.03. The number of rotatable bonds is 4. The van der Waals surface area contributed by atoms with Gasteiger partial charge in [-0.25, -0.2) is 9.82 Å². The van der Waals surface area contributed by atoms with Gasteiger partial charge >= 0.3 is 0 Å². The zero-order valence-corrected chi connectivity index (χ0v) is 11.5. The zero-order chi connectivity index (χ0) is 14.8. The number of hydrogen-bond donors (Lipinski definition) is 1. The molecule has 4 nitrogen and oxygen atoms in total. The molecule has 0 bridgehead atoms. The highest BCUT2D eigenvalue weighted by atomic mass is 19.1. The van der Waals surface area contributed by atoms with E-state index in [1.54, 1.807) is 0 Å². The van der Waals surface area contributed by atoms with Gasteiger partial charge in [0.25, 0.3) is 5.91 Å². The molecule has 0 radical (unpaired) electrons. The van der Waals surface area contributed by atoms with Crippen LogP contribution in [0.5, 0.6) is 0 Å². The number of carbonyl (C=O) groups is 1. The Bertz CT molecular complexity index is 676. The van der Waals surface area contributed by atoms with E-state index >= 15 is 0 Å². The molecule has 1 fully saturated rings. The third-order valence-corrected chi connectivity index (χ3v) is 3.59. The Morgan fingerprint density at radius 1 is 1.33 bits per heavy atom. The van der Waals surface area contributed by atoms with E-state index < -0.39 is 5.91 Å². The molecule has 0 saturated heterocycles. The van der Waals surface area contributed by atoms with E-state index in [0.29, 0.717) is 23.2 Å². The van der Waals surface area contributed by atoms with E-state index in [0.717, 1.165) is 12.2 Å². The molecule has 1 aromatic heterocycles. The summed E-state index contributed by atoms with van der Waals surface area (Å²) in [7, 11) is 0. The number of nitrogens with zero attached hydrogens (tertiary/aromatic N) is 1. The van der Waals surface area contributed by atoms with Crippen molar-refractivity contribution in [3.8, 4) is 0 Å². The molecule has 5 heteroatoms. The van der Waals surface area contributed by atoms with Gasteiger partial charge in [0.2, 0.25) is 0 Å². The van der Waals surface area contributed by atoms with Crippen LogP contribution < -0.4 is 5.43 Å². The second-order valence-electron chi connectivity index (χ2n) is 5.27. The second kappa shape index (κ2) is 5.52. The van der Waals surface area contributed by atoms with E-state index in [2.05, 4.69) is 17.5 Å². The fraction of sp³-hybridized carbons (Fsp3) is 0.250. The van der Waals surface area contributed by atoms with Crippen LogP contribution >= 0.6 is 0 Å². The average molecular weight is 286 g/mol. The Morgan fingerprint density at radius 3 is 2.71 bits per heavy atom. The van der Waals surface area contributed by atoms with Crippen LogP contribution in [-0.2, 0) is 0 Å². The Balaban J connectivity index is 1.57. The number of hydrogen-bond acceptors (Lipinski definition) is 3. The van der Waals surface area contributed by atoms with Crippen LogP contribution in [-0.4, -0.2) is 12.1 Å². The van der Waals surface area contributed by atoms with Crippen LogP contribution in [0.1, 0.15) is 41.1 Å². The molecule has 3 rings (SSSR count). The van der Waals surface area contributed by atoms with Crippen molar-refractivity contribution >= 4 is 12.1 Å². The molecule has 1 heterocycles. The maximum Gasteiger partial charge on any atom is 0.271 e. The largest absolute Gasteiger partial charge is 0.460 e. The van der Waals surface area contributed by atoms with E-state index in [1.165, 1.54) is 30.5 Å². The fourth-order valence-corrected chi connectivity index (χ4v) is 2.18. The van der Waals surface area contributed by atoms with Crippen molar-refractivity contribution in [1.82, 2.24) is 5.43 Å². The molecule has 2 atom stereocenters. The standard InChI is InChI=1S/C16H15FN2O2/c1-10-8-14(10)15-7-6-13(21-15)9-18-19-16(20)11-2-4-12(17)5-3-11/h2-7,9-10,14H,8H2,1H3,(H,19,20)/b18-9-/t10-,14-/m1/s1. The first kappa shape index (κ1) is 13.5. The first-order valence-corrected chi connectivity index (χ1v) is 6.82. The number of nitrogens with one attached hydrogen (secondary N) is 1. The predicted octanol–water partition coefficient (Wildman–Crippen LogP) is 3.31. The summed E-state index contributed by atoms with van der Waals surface area (Å²) in [5.74, 6) is 1.98. The van der Waals surface area contributed by atoms with Gasteiger partial charge < -0.3 is 4.42 Å². The fourth-order valence-electron chi connectivity index (χ4n) is 2.18. The summed E-state index contributed by atoms with van der Waals surface area (Å²) in [6.07, 6.45) is 2.61. The van der Waals surface area contributed by atoms with Gasteiger partial charge in [-0.2, -0.15) is 5.10 Å². The van der Waals surface area contributed by atoms with Crippen LogP contribution in [0, 0.1) is 11.7 Å². The molecule has 1 saturated carbocycles. The Morgan fingerprint density at radius 2 is 2.05 bits per heavy atom. The predicted molar refractivity (Wildman–Crippen MR) is 76.7 cm³/mol. The van der Waals surface area contributed by atoms with Gasteiger partial charge in [-0.3, -0.25) is 4.79 Å². The normalized spacial score (nSPS) is 20.7. The minimum atomic E-state index is -0.395. The van der Waals surface area contributed by atoms with Crippen molar-refractivity contribution in [2.75, 3.05) is 0 Å². The van der Waals surface area contributed by atoms with E-state index in [-0.39, 0.29) is 5.82 Å². The summed E-state index contributed by atoms with van der Waals surface area (Å²) in [6.45, 7) is 2.18. The van der Waals surface area contributed by atoms with Gasteiger partial charge in [-0.15, -0.1) is 0 Å². The molecule has 2 aromatic rings. The molecule has 21 heavy (non-hydrogen) atoms. The minimum Gasteiger partial charge on any atom is -0.460 e.